The van der Waals surface area contributed by atoms with Crippen molar-refractivity contribution in [1.82, 2.24) is 9.34 Å². The van der Waals surface area contributed by atoms with Crippen LogP contribution in [0.4, 0.5) is 0 Å². The van der Waals surface area contributed by atoms with Gasteiger partial charge in [0.25, 0.3) is 0 Å². The second kappa shape index (κ2) is 4.98. The topological polar surface area (TPSA) is 45.2 Å². The summed E-state index contributed by atoms with van der Waals surface area (Å²) in [4.78, 5) is 0. The van der Waals surface area contributed by atoms with Crippen LogP contribution in [0, 0.1) is 0 Å². The third-order valence-corrected chi connectivity index (χ3v) is 10.4. The zero-order valence-electron chi connectivity index (χ0n) is 15.0. The summed E-state index contributed by atoms with van der Waals surface area (Å²) in [7, 11) is 0.399. The van der Waals surface area contributed by atoms with Crippen molar-refractivity contribution < 1.29 is 14.2 Å². The molecule has 2 aliphatic heterocycles. The van der Waals surface area contributed by atoms with Gasteiger partial charge < -0.3 is 0 Å². The number of hydrogen-bond donors (Lipinski definition) is 1. The van der Waals surface area contributed by atoms with Gasteiger partial charge in [-0.2, -0.15) is 0 Å². The first-order chi connectivity index (χ1) is 10.5. The molecule has 0 aromatic heterocycles. The fourth-order valence-corrected chi connectivity index (χ4v) is 10.2. The number of aliphatic hydroxyl groups excluding tert-OH is 1. The van der Waals surface area contributed by atoms with Crippen molar-refractivity contribution in [3.05, 3.63) is 35.9 Å². The van der Waals surface area contributed by atoms with Gasteiger partial charge in [-0.3, -0.25) is 0 Å². The molecule has 2 heterocycles. The molecule has 1 atom stereocenters. The van der Waals surface area contributed by atoms with E-state index in [-0.39, 0.29) is 11.2 Å². The number of benzene rings is 1. The van der Waals surface area contributed by atoms with Crippen LogP contribution >= 0.6 is 7.36 Å². The molecule has 0 amide bonds. The van der Waals surface area contributed by atoms with Gasteiger partial charge in [0.2, 0.25) is 0 Å². The van der Waals surface area contributed by atoms with Gasteiger partial charge in [-0.15, -0.1) is 0 Å². The van der Waals surface area contributed by atoms with E-state index in [1.165, 1.54) is 0 Å². The standard InChI is InChI=1S/C17H29N2O3P/c1-16(2)12-18(5)23(21-16,19(6)13-17(3,4)22-23)15(20)14-10-8-7-9-11-14/h7-11,15,20H,12-13H2,1-6H3. The molecule has 1 aromatic rings. The van der Waals surface area contributed by atoms with Crippen LogP contribution in [0.5, 0.6) is 0 Å². The summed E-state index contributed by atoms with van der Waals surface area (Å²) in [6.07, 6.45) is 0. The molecule has 0 bridgehead atoms. The van der Waals surface area contributed by atoms with E-state index in [0.29, 0.717) is 0 Å². The van der Waals surface area contributed by atoms with Crippen molar-refractivity contribution in [2.24, 2.45) is 0 Å². The Bertz CT molecular complexity index is 575. The second-order valence-corrected chi connectivity index (χ2v) is 12.1. The first-order valence-electron chi connectivity index (χ1n) is 8.12. The Labute approximate surface area is 139 Å². The summed E-state index contributed by atoms with van der Waals surface area (Å²) >= 11 is 0. The maximum atomic E-state index is 11.5. The zero-order valence-corrected chi connectivity index (χ0v) is 15.9. The van der Waals surface area contributed by atoms with Gasteiger partial charge in [0.15, 0.2) is 0 Å². The number of likely N-dealkylation sites (N-methyl/N-ethyl adjacent to an activating group) is 2. The molecule has 1 aromatic carbocycles. The van der Waals surface area contributed by atoms with E-state index in [2.05, 4.69) is 37.0 Å². The van der Waals surface area contributed by atoms with Gasteiger partial charge in [-0.25, -0.2) is 0 Å². The molecule has 6 heteroatoms. The Kier molecular flexibility index (Phi) is 3.74. The summed E-state index contributed by atoms with van der Waals surface area (Å²) < 4.78 is 17.6. The Morgan fingerprint density at radius 2 is 1.39 bits per heavy atom. The predicted octanol–water partition coefficient (Wildman–Crippen LogP) is 3.37. The van der Waals surface area contributed by atoms with Gasteiger partial charge in [-0.1, -0.05) is 0 Å². The number of hydrogen-bond acceptors (Lipinski definition) is 5. The fourth-order valence-electron chi connectivity index (χ4n) is 4.26. The van der Waals surface area contributed by atoms with Gasteiger partial charge in [0.1, 0.15) is 0 Å². The fraction of sp³-hybridized carbons (Fsp3) is 0.647. The Morgan fingerprint density at radius 3 is 1.74 bits per heavy atom. The van der Waals surface area contributed by atoms with Crippen LogP contribution in [0.15, 0.2) is 30.3 Å². The molecule has 2 saturated heterocycles. The average Bonchev–Trinajstić information content (AvgIpc) is 2.78. The molecule has 5 nitrogen and oxygen atoms in total. The molecule has 1 unspecified atom stereocenters. The molecule has 0 radical (unpaired) electrons. The third-order valence-electron chi connectivity index (χ3n) is 4.83. The summed E-state index contributed by atoms with van der Waals surface area (Å²) in [5.74, 6) is -0.833. The van der Waals surface area contributed by atoms with Crippen LogP contribution < -0.4 is 0 Å². The van der Waals surface area contributed by atoms with Crippen molar-refractivity contribution in [2.45, 2.75) is 44.7 Å². The first kappa shape index (κ1) is 17.3. The van der Waals surface area contributed by atoms with Crippen molar-refractivity contribution in [3.8, 4) is 0 Å². The minimum atomic E-state index is -3.62. The van der Waals surface area contributed by atoms with Crippen LogP contribution in [-0.2, 0) is 9.05 Å². The van der Waals surface area contributed by atoms with Crippen molar-refractivity contribution in [1.29, 1.82) is 0 Å². The number of rotatable bonds is 2. The number of nitrogens with zero attached hydrogens (tertiary/aromatic N) is 2. The maximum absolute atomic E-state index is 11.5. The van der Waals surface area contributed by atoms with E-state index >= 15 is 0 Å². The van der Waals surface area contributed by atoms with Gasteiger partial charge >= 0.3 is 139 Å². The summed E-state index contributed by atoms with van der Waals surface area (Å²) in [6, 6.07) is 9.72. The summed E-state index contributed by atoms with van der Waals surface area (Å²) in [5, 5.41) is 11.5. The molecule has 130 valence electrons. The molecule has 2 aliphatic rings. The molecule has 2 fully saturated rings. The van der Waals surface area contributed by atoms with E-state index in [4.69, 9.17) is 9.05 Å². The van der Waals surface area contributed by atoms with Crippen LogP contribution in [0.25, 0.3) is 0 Å². The van der Waals surface area contributed by atoms with Crippen molar-refractivity contribution in [2.75, 3.05) is 27.2 Å². The molecule has 3 rings (SSSR count). The van der Waals surface area contributed by atoms with Crippen molar-refractivity contribution >= 4 is 7.36 Å². The van der Waals surface area contributed by atoms with E-state index in [9.17, 15) is 5.11 Å². The Hall–Kier alpha value is -0.550. The van der Waals surface area contributed by atoms with Gasteiger partial charge in [0, 0.05) is 0 Å². The zero-order chi connectivity index (χ0) is 17.1. The SMILES string of the molecule is CN1CC(C)(C)OP12(C(O)c1ccccc1)OC(C)(C)CN2C. The minimum absolute atomic E-state index is 0.378. The molecule has 0 aliphatic carbocycles. The molecule has 1 N–H and O–H groups in total. The van der Waals surface area contributed by atoms with Crippen LogP contribution in [0.1, 0.15) is 39.1 Å². The quantitative estimate of drug-likeness (QED) is 0.837. The molecule has 23 heavy (non-hydrogen) atoms. The normalized spacial score (nSPS) is 31.7. The monoisotopic (exact) mass is 340 g/mol. The van der Waals surface area contributed by atoms with E-state index < -0.39 is 13.2 Å². The van der Waals surface area contributed by atoms with Crippen LogP contribution in [0.3, 0.4) is 0 Å². The van der Waals surface area contributed by atoms with E-state index in [1.807, 2.05) is 44.4 Å². The third kappa shape index (κ3) is 2.30. The molecule has 1 spiro atoms. The van der Waals surface area contributed by atoms with Crippen molar-refractivity contribution in [3.63, 3.8) is 0 Å². The summed E-state index contributed by atoms with van der Waals surface area (Å²) in [5.41, 5.74) is 0.0767. The summed E-state index contributed by atoms with van der Waals surface area (Å²) in [6.45, 7) is 9.68. The number of aliphatic hydroxyl groups is 1. The van der Waals surface area contributed by atoms with Gasteiger partial charge in [0.05, 0.1) is 0 Å². The first-order valence-corrected chi connectivity index (χ1v) is 10.2. The molecular formula is C17H29N2O3P. The predicted molar refractivity (Wildman–Crippen MR) is 93.9 cm³/mol. The second-order valence-electron chi connectivity index (χ2n) is 8.05. The van der Waals surface area contributed by atoms with Crippen LogP contribution in [0.2, 0.25) is 0 Å². The average molecular weight is 340 g/mol. The Morgan fingerprint density at radius 1 is 0.957 bits per heavy atom. The Balaban J connectivity index is 2.21. The molecule has 0 saturated carbocycles. The van der Waals surface area contributed by atoms with E-state index in [0.717, 1.165) is 18.7 Å². The van der Waals surface area contributed by atoms with E-state index in [1.54, 1.807) is 0 Å². The van der Waals surface area contributed by atoms with Crippen LogP contribution in [-0.4, -0.2) is 52.8 Å². The van der Waals surface area contributed by atoms with Gasteiger partial charge in [-0.05, 0) is 0 Å². The molecular weight excluding hydrogens is 311 g/mol.